The summed E-state index contributed by atoms with van der Waals surface area (Å²) in [6.45, 7) is 5.80. The van der Waals surface area contributed by atoms with E-state index in [1.54, 1.807) is 36.4 Å². The Kier molecular flexibility index (Phi) is 7.29. The van der Waals surface area contributed by atoms with E-state index in [2.05, 4.69) is 27.7 Å². The van der Waals surface area contributed by atoms with Crippen molar-refractivity contribution < 1.29 is 14.1 Å². The van der Waals surface area contributed by atoms with Crippen molar-refractivity contribution in [2.24, 2.45) is 0 Å². The first-order chi connectivity index (χ1) is 14.5. The maximum Gasteiger partial charge on any atom is 0.319 e. The van der Waals surface area contributed by atoms with Crippen molar-refractivity contribution >= 4 is 35.1 Å². The van der Waals surface area contributed by atoms with E-state index in [4.69, 9.17) is 4.52 Å². The van der Waals surface area contributed by atoms with Crippen molar-refractivity contribution in [3.8, 4) is 0 Å². The molecule has 0 atom stereocenters. The second-order valence-electron chi connectivity index (χ2n) is 6.37. The molecule has 0 radical (unpaired) electrons. The molecule has 0 unspecified atom stereocenters. The third kappa shape index (κ3) is 5.99. The highest BCUT2D eigenvalue weighted by atomic mass is 32.2. The van der Waals surface area contributed by atoms with Gasteiger partial charge in [-0.15, -0.1) is 18.3 Å². The number of amides is 3. The minimum atomic E-state index is -0.320. The lowest BCUT2D eigenvalue weighted by molar-refractivity contribution is 0.102. The van der Waals surface area contributed by atoms with Crippen molar-refractivity contribution in [2.45, 2.75) is 17.6 Å². The van der Waals surface area contributed by atoms with Crippen molar-refractivity contribution in [1.29, 1.82) is 0 Å². The van der Waals surface area contributed by atoms with E-state index < -0.39 is 0 Å². The van der Waals surface area contributed by atoms with Crippen LogP contribution in [0.15, 0.2) is 76.7 Å². The fourth-order valence-corrected chi connectivity index (χ4v) is 3.51. The standard InChI is InChI=1S/C22H22N4O3S/c1-3-12-23-22(28)25-17-10-8-16(9-11-17)24-21(27)19-6-4-5-7-20(19)30-14-18-13-15(2)26-29-18/h3-11,13H,1,12,14H2,2H3,(H,24,27)(H2,23,25,28). The smallest absolute Gasteiger partial charge is 0.319 e. The minimum absolute atomic E-state index is 0.212. The highest BCUT2D eigenvalue weighted by Crippen LogP contribution is 2.27. The number of thioether (sulfide) groups is 1. The zero-order chi connectivity index (χ0) is 21.3. The predicted octanol–water partition coefficient (Wildman–Crippen LogP) is 4.84. The Balaban J connectivity index is 1.61. The van der Waals surface area contributed by atoms with E-state index in [1.165, 1.54) is 11.8 Å². The Labute approximate surface area is 178 Å². The van der Waals surface area contributed by atoms with E-state index in [0.29, 0.717) is 29.2 Å². The molecule has 3 aromatic rings. The first-order valence-corrected chi connectivity index (χ1v) is 10.2. The van der Waals surface area contributed by atoms with Gasteiger partial charge in [0.25, 0.3) is 5.91 Å². The van der Waals surface area contributed by atoms with Crippen LogP contribution in [0.1, 0.15) is 21.8 Å². The molecule has 154 valence electrons. The topological polar surface area (TPSA) is 96.3 Å². The lowest BCUT2D eigenvalue weighted by atomic mass is 10.2. The molecule has 3 amide bonds. The van der Waals surface area contributed by atoms with Crippen LogP contribution in [0.25, 0.3) is 0 Å². The summed E-state index contributed by atoms with van der Waals surface area (Å²) in [7, 11) is 0. The summed E-state index contributed by atoms with van der Waals surface area (Å²) >= 11 is 1.51. The van der Waals surface area contributed by atoms with E-state index in [0.717, 1.165) is 16.3 Å². The van der Waals surface area contributed by atoms with Gasteiger partial charge in [0.2, 0.25) is 0 Å². The van der Waals surface area contributed by atoms with Gasteiger partial charge in [-0.1, -0.05) is 23.4 Å². The summed E-state index contributed by atoms with van der Waals surface area (Å²) in [5.74, 6) is 1.13. The monoisotopic (exact) mass is 422 g/mol. The first-order valence-electron chi connectivity index (χ1n) is 9.26. The summed E-state index contributed by atoms with van der Waals surface area (Å²) in [6, 6.07) is 15.9. The summed E-state index contributed by atoms with van der Waals surface area (Å²) in [5.41, 5.74) is 2.65. The normalized spacial score (nSPS) is 10.3. The third-order valence-corrected chi connectivity index (χ3v) is 5.08. The van der Waals surface area contributed by atoms with E-state index >= 15 is 0 Å². The van der Waals surface area contributed by atoms with Gasteiger partial charge in [-0.25, -0.2) is 4.79 Å². The Morgan fingerprint density at radius 3 is 2.47 bits per heavy atom. The highest BCUT2D eigenvalue weighted by Gasteiger charge is 2.13. The van der Waals surface area contributed by atoms with Gasteiger partial charge in [-0.3, -0.25) is 4.79 Å². The molecule has 2 aromatic carbocycles. The van der Waals surface area contributed by atoms with E-state index in [1.807, 2.05) is 31.2 Å². The molecule has 1 aromatic heterocycles. The summed E-state index contributed by atoms with van der Waals surface area (Å²) < 4.78 is 5.23. The maximum atomic E-state index is 12.8. The number of aromatic nitrogens is 1. The van der Waals surface area contributed by atoms with Crippen molar-refractivity contribution in [1.82, 2.24) is 10.5 Å². The highest BCUT2D eigenvalue weighted by molar-refractivity contribution is 7.98. The van der Waals surface area contributed by atoms with Gasteiger partial charge >= 0.3 is 6.03 Å². The number of hydrogen-bond donors (Lipinski definition) is 3. The molecule has 8 heteroatoms. The van der Waals surface area contributed by atoms with Crippen molar-refractivity contribution in [2.75, 3.05) is 17.2 Å². The first kappa shape index (κ1) is 21.2. The lowest BCUT2D eigenvalue weighted by Gasteiger charge is -2.10. The molecule has 0 aliphatic carbocycles. The van der Waals surface area contributed by atoms with Crippen LogP contribution in [-0.4, -0.2) is 23.6 Å². The molecule has 0 fully saturated rings. The number of hydrogen-bond acceptors (Lipinski definition) is 5. The van der Waals surface area contributed by atoms with Crippen LogP contribution in [0.5, 0.6) is 0 Å². The Morgan fingerprint density at radius 1 is 1.10 bits per heavy atom. The quantitative estimate of drug-likeness (QED) is 0.357. The Morgan fingerprint density at radius 2 is 1.80 bits per heavy atom. The van der Waals surface area contributed by atoms with Crippen LogP contribution >= 0.6 is 11.8 Å². The maximum absolute atomic E-state index is 12.8. The van der Waals surface area contributed by atoms with Gasteiger partial charge in [0.15, 0.2) is 0 Å². The Hall–Kier alpha value is -3.52. The number of anilines is 2. The number of nitrogens with zero attached hydrogens (tertiary/aromatic N) is 1. The number of benzene rings is 2. The number of urea groups is 1. The molecular weight excluding hydrogens is 400 g/mol. The average Bonchev–Trinajstić information content (AvgIpc) is 3.17. The van der Waals surface area contributed by atoms with Crippen molar-refractivity contribution in [3.05, 3.63) is 84.3 Å². The molecular formula is C22H22N4O3S. The molecule has 3 rings (SSSR count). The van der Waals surface area contributed by atoms with Gasteiger partial charge in [0.1, 0.15) is 5.76 Å². The number of carbonyl (C=O) groups is 2. The summed E-state index contributed by atoms with van der Waals surface area (Å²) in [6.07, 6.45) is 1.60. The molecule has 0 aliphatic rings. The van der Waals surface area contributed by atoms with Crippen LogP contribution < -0.4 is 16.0 Å². The number of aryl methyl sites for hydroxylation is 1. The second kappa shape index (κ2) is 10.3. The number of rotatable bonds is 8. The third-order valence-electron chi connectivity index (χ3n) is 3.99. The van der Waals surface area contributed by atoms with Crippen LogP contribution in [0.3, 0.4) is 0 Å². The zero-order valence-electron chi connectivity index (χ0n) is 16.5. The molecule has 0 bridgehead atoms. The summed E-state index contributed by atoms with van der Waals surface area (Å²) in [5, 5.41) is 12.1. The second-order valence-corrected chi connectivity index (χ2v) is 7.39. The molecule has 7 nitrogen and oxygen atoms in total. The zero-order valence-corrected chi connectivity index (χ0v) is 17.3. The van der Waals surface area contributed by atoms with Gasteiger partial charge in [0.05, 0.1) is 17.0 Å². The molecule has 0 saturated carbocycles. The molecule has 1 heterocycles. The number of carbonyl (C=O) groups excluding carboxylic acids is 2. The lowest BCUT2D eigenvalue weighted by Crippen LogP contribution is -2.28. The SMILES string of the molecule is C=CCNC(=O)Nc1ccc(NC(=O)c2ccccc2SCc2cc(C)no2)cc1. The van der Waals surface area contributed by atoms with Crippen LogP contribution in [-0.2, 0) is 5.75 Å². The van der Waals surface area contributed by atoms with E-state index in [9.17, 15) is 9.59 Å². The van der Waals surface area contributed by atoms with Gasteiger partial charge in [-0.2, -0.15) is 0 Å². The predicted molar refractivity (Wildman–Crippen MR) is 119 cm³/mol. The molecule has 0 saturated heterocycles. The largest absolute Gasteiger partial charge is 0.360 e. The van der Waals surface area contributed by atoms with Crippen molar-refractivity contribution in [3.63, 3.8) is 0 Å². The average molecular weight is 423 g/mol. The summed E-state index contributed by atoms with van der Waals surface area (Å²) in [4.78, 5) is 25.3. The van der Waals surface area contributed by atoms with Gasteiger partial charge in [0, 0.05) is 28.9 Å². The van der Waals surface area contributed by atoms with Crippen LogP contribution in [0.4, 0.5) is 16.2 Å². The minimum Gasteiger partial charge on any atom is -0.360 e. The Bertz CT molecular complexity index is 1030. The molecule has 30 heavy (non-hydrogen) atoms. The fourth-order valence-electron chi connectivity index (χ4n) is 2.59. The van der Waals surface area contributed by atoms with E-state index in [-0.39, 0.29) is 11.9 Å². The number of nitrogens with one attached hydrogen (secondary N) is 3. The molecule has 0 aliphatic heterocycles. The van der Waals surface area contributed by atoms with Crippen LogP contribution in [0, 0.1) is 6.92 Å². The van der Waals surface area contributed by atoms with Gasteiger partial charge in [-0.05, 0) is 43.3 Å². The molecule has 3 N–H and O–H groups in total. The van der Waals surface area contributed by atoms with Crippen LogP contribution in [0.2, 0.25) is 0 Å². The van der Waals surface area contributed by atoms with Gasteiger partial charge < -0.3 is 20.5 Å². The molecule has 0 spiro atoms. The fraction of sp³-hybridized carbons (Fsp3) is 0.136.